The van der Waals surface area contributed by atoms with E-state index in [0.717, 1.165) is 17.8 Å². The van der Waals surface area contributed by atoms with Crippen LogP contribution in [0.1, 0.15) is 37.2 Å². The molecule has 4 heteroatoms. The predicted octanol–water partition coefficient (Wildman–Crippen LogP) is 3.77. The minimum atomic E-state index is -0.435. The maximum atomic E-state index is 13.7. The lowest BCUT2D eigenvalue weighted by molar-refractivity contribution is 0.464. The van der Waals surface area contributed by atoms with Gasteiger partial charge in [-0.1, -0.05) is 6.07 Å². The summed E-state index contributed by atoms with van der Waals surface area (Å²) in [7, 11) is 0. The van der Waals surface area contributed by atoms with Crippen LogP contribution in [0.2, 0.25) is 0 Å². The van der Waals surface area contributed by atoms with Gasteiger partial charge in [0, 0.05) is 23.8 Å². The summed E-state index contributed by atoms with van der Waals surface area (Å²) in [5.74, 6) is -0.842. The Morgan fingerprint density at radius 1 is 1.05 bits per heavy atom. The lowest BCUT2D eigenvalue weighted by Gasteiger charge is -2.20. The zero-order valence-corrected chi connectivity index (χ0v) is 10.9. The molecular formula is C15H16F2N2. The van der Waals surface area contributed by atoms with Crippen LogP contribution in [0.15, 0.2) is 42.6 Å². The second kappa shape index (κ2) is 5.89. The van der Waals surface area contributed by atoms with Gasteiger partial charge in [0.25, 0.3) is 0 Å². The molecule has 0 saturated carbocycles. The largest absolute Gasteiger partial charge is 0.302 e. The second-order valence-corrected chi connectivity index (χ2v) is 4.53. The molecule has 0 fully saturated rings. The van der Waals surface area contributed by atoms with E-state index in [2.05, 4.69) is 10.3 Å². The molecule has 100 valence electrons. The third-order valence-electron chi connectivity index (χ3n) is 3.06. The lowest BCUT2D eigenvalue weighted by atomic mass is 10.1. The fourth-order valence-corrected chi connectivity index (χ4v) is 2.03. The maximum absolute atomic E-state index is 13.7. The van der Waals surface area contributed by atoms with Crippen LogP contribution in [-0.2, 0) is 0 Å². The quantitative estimate of drug-likeness (QED) is 0.907. The average Bonchev–Trinajstić information content (AvgIpc) is 2.42. The van der Waals surface area contributed by atoms with Crippen LogP contribution in [0, 0.1) is 11.6 Å². The van der Waals surface area contributed by atoms with Gasteiger partial charge in [0.1, 0.15) is 11.6 Å². The van der Waals surface area contributed by atoms with Gasteiger partial charge in [0.2, 0.25) is 0 Å². The van der Waals surface area contributed by atoms with Gasteiger partial charge in [-0.15, -0.1) is 0 Å². The number of halogens is 2. The number of hydrogen-bond acceptors (Lipinski definition) is 2. The summed E-state index contributed by atoms with van der Waals surface area (Å²) in [5, 5.41) is 3.21. The minimum absolute atomic E-state index is 0.0427. The topological polar surface area (TPSA) is 24.9 Å². The monoisotopic (exact) mass is 262 g/mol. The Bertz CT molecular complexity index is 543. The number of nitrogens with one attached hydrogen (secondary N) is 1. The van der Waals surface area contributed by atoms with Crippen molar-refractivity contribution in [2.75, 3.05) is 0 Å². The van der Waals surface area contributed by atoms with E-state index >= 15 is 0 Å². The van der Waals surface area contributed by atoms with Crippen LogP contribution in [0.3, 0.4) is 0 Å². The predicted molar refractivity (Wildman–Crippen MR) is 70.6 cm³/mol. The molecule has 0 aliphatic heterocycles. The van der Waals surface area contributed by atoms with E-state index in [1.807, 2.05) is 25.1 Å². The number of benzene rings is 1. The van der Waals surface area contributed by atoms with E-state index in [-0.39, 0.29) is 12.1 Å². The first-order valence-electron chi connectivity index (χ1n) is 6.20. The minimum Gasteiger partial charge on any atom is -0.302 e. The van der Waals surface area contributed by atoms with Gasteiger partial charge in [-0.25, -0.2) is 8.78 Å². The molecule has 2 rings (SSSR count). The molecule has 19 heavy (non-hydrogen) atoms. The summed E-state index contributed by atoms with van der Waals surface area (Å²) in [6.45, 7) is 3.74. The van der Waals surface area contributed by atoms with Gasteiger partial charge in [0.05, 0.1) is 5.69 Å². The van der Waals surface area contributed by atoms with Crippen molar-refractivity contribution in [2.45, 2.75) is 25.9 Å². The Labute approximate surface area is 111 Å². The van der Waals surface area contributed by atoms with Gasteiger partial charge < -0.3 is 5.32 Å². The SMILES string of the molecule is CC(N[C@H](C)c1ccccn1)c1cc(F)ccc1F. The van der Waals surface area contributed by atoms with Crippen molar-refractivity contribution in [3.63, 3.8) is 0 Å². The zero-order valence-electron chi connectivity index (χ0n) is 10.9. The summed E-state index contributed by atoms with van der Waals surface area (Å²) in [4.78, 5) is 4.24. The number of aromatic nitrogens is 1. The van der Waals surface area contributed by atoms with Gasteiger partial charge in [0.15, 0.2) is 0 Å². The molecular weight excluding hydrogens is 246 g/mol. The molecule has 0 aliphatic rings. The third-order valence-corrected chi connectivity index (χ3v) is 3.06. The first-order valence-corrected chi connectivity index (χ1v) is 6.20. The van der Waals surface area contributed by atoms with Crippen LogP contribution >= 0.6 is 0 Å². The van der Waals surface area contributed by atoms with Crippen molar-refractivity contribution in [2.24, 2.45) is 0 Å². The van der Waals surface area contributed by atoms with E-state index in [4.69, 9.17) is 0 Å². The average molecular weight is 262 g/mol. The Hall–Kier alpha value is -1.81. The number of hydrogen-bond donors (Lipinski definition) is 1. The van der Waals surface area contributed by atoms with Gasteiger partial charge in [-0.3, -0.25) is 4.98 Å². The highest BCUT2D eigenvalue weighted by atomic mass is 19.1. The third kappa shape index (κ3) is 3.35. The molecule has 0 aliphatic carbocycles. The fraction of sp³-hybridized carbons (Fsp3) is 0.267. The van der Waals surface area contributed by atoms with Crippen LogP contribution in [0.4, 0.5) is 8.78 Å². The fourth-order valence-electron chi connectivity index (χ4n) is 2.03. The summed E-state index contributed by atoms with van der Waals surface area (Å²) in [5.41, 5.74) is 1.19. The van der Waals surface area contributed by atoms with E-state index < -0.39 is 11.6 Å². The molecule has 0 saturated heterocycles. The molecule has 1 heterocycles. The summed E-state index contributed by atoms with van der Waals surface area (Å²) < 4.78 is 26.8. The van der Waals surface area contributed by atoms with E-state index in [1.165, 1.54) is 6.07 Å². The van der Waals surface area contributed by atoms with Crippen LogP contribution < -0.4 is 5.32 Å². The summed E-state index contributed by atoms with van der Waals surface area (Å²) in [6, 6.07) is 8.78. The normalized spacial score (nSPS) is 14.1. The van der Waals surface area contributed by atoms with E-state index in [9.17, 15) is 8.78 Å². The van der Waals surface area contributed by atoms with Crippen molar-refractivity contribution in [1.29, 1.82) is 0 Å². The molecule has 2 atom stereocenters. The van der Waals surface area contributed by atoms with Crippen LogP contribution in [0.25, 0.3) is 0 Å². The summed E-state index contributed by atoms with van der Waals surface area (Å²) in [6.07, 6.45) is 1.71. The second-order valence-electron chi connectivity index (χ2n) is 4.53. The highest BCUT2D eigenvalue weighted by molar-refractivity contribution is 5.22. The molecule has 0 radical (unpaired) electrons. The van der Waals surface area contributed by atoms with Crippen LogP contribution in [-0.4, -0.2) is 4.98 Å². The Morgan fingerprint density at radius 3 is 2.53 bits per heavy atom. The lowest BCUT2D eigenvalue weighted by Crippen LogP contribution is -2.24. The maximum Gasteiger partial charge on any atom is 0.128 e. The van der Waals surface area contributed by atoms with Crippen molar-refractivity contribution in [1.82, 2.24) is 10.3 Å². The Kier molecular flexibility index (Phi) is 4.22. The van der Waals surface area contributed by atoms with Crippen LogP contribution in [0.5, 0.6) is 0 Å². The smallest absolute Gasteiger partial charge is 0.128 e. The molecule has 2 aromatic rings. The first kappa shape index (κ1) is 13.6. The molecule has 1 unspecified atom stereocenters. The van der Waals surface area contributed by atoms with Crippen molar-refractivity contribution in [3.05, 3.63) is 65.5 Å². The Morgan fingerprint density at radius 2 is 1.84 bits per heavy atom. The Balaban J connectivity index is 2.13. The number of nitrogens with zero attached hydrogens (tertiary/aromatic N) is 1. The highest BCUT2D eigenvalue weighted by Crippen LogP contribution is 2.21. The first-order chi connectivity index (χ1) is 9.08. The molecule has 0 spiro atoms. The number of pyridine rings is 1. The molecule has 0 bridgehead atoms. The zero-order chi connectivity index (χ0) is 13.8. The van der Waals surface area contributed by atoms with Gasteiger partial charge >= 0.3 is 0 Å². The van der Waals surface area contributed by atoms with E-state index in [0.29, 0.717) is 5.56 Å². The molecule has 0 amide bonds. The van der Waals surface area contributed by atoms with Crippen molar-refractivity contribution < 1.29 is 8.78 Å². The number of rotatable bonds is 4. The van der Waals surface area contributed by atoms with Crippen molar-refractivity contribution >= 4 is 0 Å². The molecule has 2 nitrogen and oxygen atoms in total. The highest BCUT2D eigenvalue weighted by Gasteiger charge is 2.15. The van der Waals surface area contributed by atoms with Gasteiger partial charge in [-0.2, -0.15) is 0 Å². The van der Waals surface area contributed by atoms with E-state index in [1.54, 1.807) is 13.1 Å². The molecule has 1 N–H and O–H groups in total. The molecule has 1 aromatic heterocycles. The summed E-state index contributed by atoms with van der Waals surface area (Å²) >= 11 is 0. The van der Waals surface area contributed by atoms with Gasteiger partial charge in [-0.05, 0) is 44.2 Å². The standard InChI is InChI=1S/C15H16F2N2/c1-10(13-9-12(16)6-7-14(13)17)19-11(2)15-5-3-4-8-18-15/h3-11,19H,1-2H3/t10?,11-/m1/s1. The van der Waals surface area contributed by atoms with Crippen molar-refractivity contribution in [3.8, 4) is 0 Å². The molecule has 1 aromatic carbocycles.